The lowest BCUT2D eigenvalue weighted by Crippen LogP contribution is -2.30. The Morgan fingerprint density at radius 2 is 2.32 bits per heavy atom. The Kier molecular flexibility index (Phi) is 4.05. The van der Waals surface area contributed by atoms with E-state index in [0.717, 1.165) is 5.76 Å². The molecule has 1 saturated heterocycles. The van der Waals surface area contributed by atoms with Gasteiger partial charge in [0.2, 0.25) is 0 Å². The zero-order chi connectivity index (χ0) is 15.7. The molecule has 1 unspecified atom stereocenters. The van der Waals surface area contributed by atoms with Gasteiger partial charge in [0.05, 0.1) is 11.5 Å². The number of aromatic nitrogens is 1. The lowest BCUT2D eigenvalue weighted by molar-refractivity contribution is 0.0944. The highest BCUT2D eigenvalue weighted by Gasteiger charge is 2.28. The Balaban J connectivity index is 1.60. The molecule has 118 valence electrons. The predicted molar refractivity (Wildman–Crippen MR) is 83.6 cm³/mol. The molecule has 3 rings (SSSR count). The van der Waals surface area contributed by atoms with Gasteiger partial charge in [0.15, 0.2) is 20.6 Å². The summed E-state index contributed by atoms with van der Waals surface area (Å²) in [6.45, 7) is 2.21. The van der Waals surface area contributed by atoms with Crippen LogP contribution >= 0.6 is 11.3 Å². The van der Waals surface area contributed by atoms with Crippen molar-refractivity contribution in [1.29, 1.82) is 0 Å². The zero-order valence-corrected chi connectivity index (χ0v) is 13.7. The average Bonchev–Trinajstić information content (AvgIpc) is 3.15. The van der Waals surface area contributed by atoms with Crippen LogP contribution in [0, 0.1) is 12.8 Å². The Morgan fingerprint density at radius 3 is 2.95 bits per heavy atom. The molecular weight excluding hydrogens is 324 g/mol. The van der Waals surface area contributed by atoms with Crippen molar-refractivity contribution in [3.8, 4) is 10.8 Å². The van der Waals surface area contributed by atoms with Crippen LogP contribution in [0.4, 0.5) is 0 Å². The summed E-state index contributed by atoms with van der Waals surface area (Å²) in [5.74, 6) is 1.52. The Labute approximate surface area is 132 Å². The normalized spacial score (nSPS) is 20.1. The number of hydrogen-bond acceptors (Lipinski definition) is 6. The first kappa shape index (κ1) is 15.2. The van der Waals surface area contributed by atoms with Crippen LogP contribution in [0.15, 0.2) is 21.9 Å². The van der Waals surface area contributed by atoms with Gasteiger partial charge in [-0.05, 0) is 31.4 Å². The molecule has 1 fully saturated rings. The molecule has 1 N–H and O–H groups in total. The minimum absolute atomic E-state index is 0.000204. The highest BCUT2D eigenvalue weighted by atomic mass is 32.2. The van der Waals surface area contributed by atoms with E-state index in [4.69, 9.17) is 4.42 Å². The van der Waals surface area contributed by atoms with Crippen LogP contribution in [0.5, 0.6) is 0 Å². The van der Waals surface area contributed by atoms with E-state index in [1.807, 2.05) is 19.1 Å². The number of rotatable bonds is 4. The molecule has 8 heteroatoms. The maximum Gasteiger partial charge on any atom is 0.270 e. The second-order valence-electron chi connectivity index (χ2n) is 5.43. The number of thiazole rings is 1. The van der Waals surface area contributed by atoms with Crippen LogP contribution in [0.2, 0.25) is 0 Å². The molecule has 0 spiro atoms. The molecule has 0 aliphatic carbocycles. The summed E-state index contributed by atoms with van der Waals surface area (Å²) >= 11 is 1.34. The summed E-state index contributed by atoms with van der Waals surface area (Å²) in [7, 11) is -2.91. The van der Waals surface area contributed by atoms with Crippen molar-refractivity contribution < 1.29 is 17.6 Å². The summed E-state index contributed by atoms with van der Waals surface area (Å²) < 4.78 is 28.2. The summed E-state index contributed by atoms with van der Waals surface area (Å²) in [5.41, 5.74) is 0.329. The van der Waals surface area contributed by atoms with Crippen LogP contribution in [-0.4, -0.2) is 37.4 Å². The third kappa shape index (κ3) is 3.38. The average molecular weight is 340 g/mol. The van der Waals surface area contributed by atoms with Gasteiger partial charge >= 0.3 is 0 Å². The van der Waals surface area contributed by atoms with Crippen molar-refractivity contribution in [2.45, 2.75) is 13.3 Å². The number of hydrogen-bond donors (Lipinski definition) is 1. The molecule has 1 amide bonds. The van der Waals surface area contributed by atoms with Gasteiger partial charge in [0.1, 0.15) is 11.5 Å². The van der Waals surface area contributed by atoms with Gasteiger partial charge in [-0.25, -0.2) is 13.4 Å². The maximum atomic E-state index is 12.1. The summed E-state index contributed by atoms with van der Waals surface area (Å²) in [5, 5.41) is 5.09. The topological polar surface area (TPSA) is 89.3 Å². The molecule has 0 bridgehead atoms. The van der Waals surface area contributed by atoms with E-state index in [0.29, 0.717) is 29.4 Å². The number of sulfone groups is 1. The zero-order valence-electron chi connectivity index (χ0n) is 12.0. The quantitative estimate of drug-likeness (QED) is 0.918. The SMILES string of the molecule is Cc1ccc(-c2nc(C(=O)NCC3CCS(=O)(=O)C3)cs2)o1. The Hall–Kier alpha value is -1.67. The monoisotopic (exact) mass is 340 g/mol. The number of nitrogens with one attached hydrogen (secondary N) is 1. The Morgan fingerprint density at radius 1 is 1.50 bits per heavy atom. The fraction of sp³-hybridized carbons (Fsp3) is 0.429. The molecular formula is C14H16N2O4S2. The summed E-state index contributed by atoms with van der Waals surface area (Å²) in [4.78, 5) is 16.3. The number of furan rings is 1. The smallest absolute Gasteiger partial charge is 0.270 e. The third-order valence-electron chi connectivity index (χ3n) is 3.57. The van der Waals surface area contributed by atoms with Gasteiger partial charge in [-0.2, -0.15) is 0 Å². The van der Waals surface area contributed by atoms with Gasteiger partial charge in [-0.3, -0.25) is 4.79 Å². The standard InChI is InChI=1S/C14H16N2O4S2/c1-9-2-3-12(20-9)14-16-11(7-21-14)13(17)15-6-10-4-5-22(18,19)8-10/h2-3,7,10H,4-6,8H2,1H3,(H,15,17). The fourth-order valence-corrected chi connectivity index (χ4v) is 5.02. The van der Waals surface area contributed by atoms with Crippen molar-refractivity contribution in [2.24, 2.45) is 5.92 Å². The van der Waals surface area contributed by atoms with Gasteiger partial charge in [0.25, 0.3) is 5.91 Å². The van der Waals surface area contributed by atoms with Crippen molar-refractivity contribution in [2.75, 3.05) is 18.1 Å². The van der Waals surface area contributed by atoms with Crippen molar-refractivity contribution in [3.05, 3.63) is 29.0 Å². The number of amides is 1. The molecule has 1 aliphatic rings. The van der Waals surface area contributed by atoms with E-state index < -0.39 is 9.84 Å². The number of aryl methyl sites for hydroxylation is 1. The van der Waals surface area contributed by atoms with Crippen LogP contribution in [0.25, 0.3) is 10.8 Å². The van der Waals surface area contributed by atoms with E-state index in [9.17, 15) is 13.2 Å². The van der Waals surface area contributed by atoms with Crippen LogP contribution in [-0.2, 0) is 9.84 Å². The minimum Gasteiger partial charge on any atom is -0.459 e. The molecule has 1 aliphatic heterocycles. The molecule has 1 atom stereocenters. The third-order valence-corrected chi connectivity index (χ3v) is 6.26. The molecule has 22 heavy (non-hydrogen) atoms. The van der Waals surface area contributed by atoms with Crippen LogP contribution in [0.1, 0.15) is 22.7 Å². The molecule has 2 aromatic rings. The first-order chi connectivity index (χ1) is 10.4. The molecule has 0 aromatic carbocycles. The fourth-order valence-electron chi connectivity index (χ4n) is 2.40. The second-order valence-corrected chi connectivity index (χ2v) is 8.51. The van der Waals surface area contributed by atoms with Gasteiger partial charge in [-0.1, -0.05) is 0 Å². The number of carbonyl (C=O) groups is 1. The van der Waals surface area contributed by atoms with Gasteiger partial charge in [0, 0.05) is 11.9 Å². The van der Waals surface area contributed by atoms with Crippen molar-refractivity contribution in [1.82, 2.24) is 10.3 Å². The molecule has 0 radical (unpaired) electrons. The lowest BCUT2D eigenvalue weighted by Gasteiger charge is -2.08. The van der Waals surface area contributed by atoms with E-state index in [2.05, 4.69) is 10.3 Å². The van der Waals surface area contributed by atoms with E-state index in [-0.39, 0.29) is 23.3 Å². The number of carbonyl (C=O) groups excluding carboxylic acids is 1. The summed E-state index contributed by atoms with van der Waals surface area (Å²) in [6, 6.07) is 3.66. The highest BCUT2D eigenvalue weighted by molar-refractivity contribution is 7.91. The summed E-state index contributed by atoms with van der Waals surface area (Å²) in [6.07, 6.45) is 0.608. The minimum atomic E-state index is -2.91. The maximum absolute atomic E-state index is 12.1. The van der Waals surface area contributed by atoms with Crippen LogP contribution < -0.4 is 5.32 Å². The molecule has 0 saturated carbocycles. The molecule has 6 nitrogen and oxygen atoms in total. The molecule has 2 aromatic heterocycles. The van der Waals surface area contributed by atoms with Crippen molar-refractivity contribution >= 4 is 27.1 Å². The predicted octanol–water partition coefficient (Wildman–Crippen LogP) is 1.88. The van der Waals surface area contributed by atoms with E-state index >= 15 is 0 Å². The first-order valence-electron chi connectivity index (χ1n) is 6.94. The highest BCUT2D eigenvalue weighted by Crippen LogP contribution is 2.25. The largest absolute Gasteiger partial charge is 0.459 e. The Bertz CT molecular complexity index is 791. The van der Waals surface area contributed by atoms with Gasteiger partial charge in [-0.15, -0.1) is 11.3 Å². The van der Waals surface area contributed by atoms with Gasteiger partial charge < -0.3 is 9.73 Å². The molecule has 3 heterocycles. The first-order valence-corrected chi connectivity index (χ1v) is 9.64. The van der Waals surface area contributed by atoms with E-state index in [1.165, 1.54) is 11.3 Å². The second kappa shape index (κ2) is 5.85. The van der Waals surface area contributed by atoms with E-state index in [1.54, 1.807) is 5.38 Å². The number of nitrogens with zero attached hydrogens (tertiary/aromatic N) is 1. The van der Waals surface area contributed by atoms with Crippen LogP contribution in [0.3, 0.4) is 0 Å². The van der Waals surface area contributed by atoms with Crippen molar-refractivity contribution in [3.63, 3.8) is 0 Å². The lowest BCUT2D eigenvalue weighted by atomic mass is 10.1.